The monoisotopic (exact) mass is 321 g/mol. The fraction of sp³-hybridized carbons (Fsp3) is 0.250. The third-order valence-corrected chi connectivity index (χ3v) is 3.73. The van der Waals surface area contributed by atoms with Crippen molar-refractivity contribution < 1.29 is 4.39 Å². The predicted octanol–water partition coefficient (Wildman–Crippen LogP) is 4.01. The van der Waals surface area contributed by atoms with Gasteiger partial charge in [-0.25, -0.2) is 4.39 Å². The molecule has 0 bridgehead atoms. The van der Waals surface area contributed by atoms with E-state index in [0.717, 1.165) is 22.0 Å². The van der Waals surface area contributed by atoms with Gasteiger partial charge in [0, 0.05) is 10.5 Å². The average Bonchev–Trinajstić information content (AvgIpc) is 2.37. The summed E-state index contributed by atoms with van der Waals surface area (Å²) in [5, 5.41) is 0. The second-order valence-corrected chi connectivity index (χ2v) is 5.78. The Morgan fingerprint density at radius 1 is 1.11 bits per heavy atom. The molecule has 3 heteroatoms. The zero-order valence-corrected chi connectivity index (χ0v) is 12.5. The van der Waals surface area contributed by atoms with Crippen molar-refractivity contribution in [3.8, 4) is 0 Å². The number of nitrogens with two attached hydrogens (primary N) is 1. The molecule has 1 unspecified atom stereocenters. The summed E-state index contributed by atoms with van der Waals surface area (Å²) in [5.41, 5.74) is 9.44. The van der Waals surface area contributed by atoms with Crippen LogP contribution >= 0.6 is 15.9 Å². The molecule has 0 aliphatic rings. The van der Waals surface area contributed by atoms with Gasteiger partial charge in [-0.1, -0.05) is 34.1 Å². The van der Waals surface area contributed by atoms with Crippen molar-refractivity contribution in [2.45, 2.75) is 25.8 Å². The van der Waals surface area contributed by atoms with E-state index in [1.165, 1.54) is 11.6 Å². The van der Waals surface area contributed by atoms with E-state index in [0.29, 0.717) is 6.42 Å². The smallest absolute Gasteiger partial charge is 0.123 e. The van der Waals surface area contributed by atoms with Gasteiger partial charge in [0.15, 0.2) is 0 Å². The van der Waals surface area contributed by atoms with E-state index in [1.807, 2.05) is 19.1 Å². The maximum Gasteiger partial charge on any atom is 0.123 e. The molecule has 0 aliphatic heterocycles. The molecule has 0 radical (unpaired) electrons. The number of hydrogen-bond acceptors (Lipinski definition) is 1. The van der Waals surface area contributed by atoms with Crippen LogP contribution < -0.4 is 5.73 Å². The second kappa shape index (κ2) is 6.31. The Hall–Kier alpha value is -1.19. The highest BCUT2D eigenvalue weighted by Gasteiger charge is 2.08. The molecule has 0 aromatic heterocycles. The molecular weight excluding hydrogens is 305 g/mol. The zero-order chi connectivity index (χ0) is 13.8. The number of aryl methyl sites for hydroxylation is 1. The summed E-state index contributed by atoms with van der Waals surface area (Å²) in [4.78, 5) is 0. The Labute approximate surface area is 121 Å². The normalized spacial score (nSPS) is 12.4. The van der Waals surface area contributed by atoms with Crippen molar-refractivity contribution in [3.05, 3.63) is 69.4 Å². The highest BCUT2D eigenvalue weighted by molar-refractivity contribution is 9.10. The maximum absolute atomic E-state index is 13.2. The largest absolute Gasteiger partial charge is 0.327 e. The standard InChI is InChI=1S/C16H17BrFN/c1-11-2-7-15(18)9-13(11)10-16(19)8-12-3-5-14(17)6-4-12/h2-7,9,16H,8,10,19H2,1H3. The first-order valence-corrected chi connectivity index (χ1v) is 7.09. The van der Waals surface area contributed by atoms with Gasteiger partial charge in [0.25, 0.3) is 0 Å². The first kappa shape index (κ1) is 14.2. The van der Waals surface area contributed by atoms with Gasteiger partial charge in [-0.3, -0.25) is 0 Å². The van der Waals surface area contributed by atoms with Crippen LogP contribution in [0.25, 0.3) is 0 Å². The van der Waals surface area contributed by atoms with E-state index in [4.69, 9.17) is 5.73 Å². The number of rotatable bonds is 4. The second-order valence-electron chi connectivity index (χ2n) is 4.87. The van der Waals surface area contributed by atoms with Crippen molar-refractivity contribution in [3.63, 3.8) is 0 Å². The molecule has 2 aromatic rings. The molecule has 1 atom stereocenters. The third-order valence-electron chi connectivity index (χ3n) is 3.20. The summed E-state index contributed by atoms with van der Waals surface area (Å²) in [6.07, 6.45) is 1.49. The lowest BCUT2D eigenvalue weighted by Crippen LogP contribution is -2.25. The molecule has 2 rings (SSSR count). The Morgan fingerprint density at radius 3 is 2.47 bits per heavy atom. The minimum absolute atomic E-state index is 0.00155. The lowest BCUT2D eigenvalue weighted by molar-refractivity contribution is 0.616. The highest BCUT2D eigenvalue weighted by Crippen LogP contribution is 2.15. The number of hydrogen-bond donors (Lipinski definition) is 1. The highest BCUT2D eigenvalue weighted by atomic mass is 79.9. The van der Waals surface area contributed by atoms with Gasteiger partial charge in [0.1, 0.15) is 5.82 Å². The van der Waals surface area contributed by atoms with Crippen LogP contribution in [0.3, 0.4) is 0 Å². The van der Waals surface area contributed by atoms with Crippen LogP contribution in [0, 0.1) is 12.7 Å². The molecule has 0 fully saturated rings. The van der Waals surface area contributed by atoms with Crippen LogP contribution in [0.1, 0.15) is 16.7 Å². The van der Waals surface area contributed by atoms with Gasteiger partial charge in [0.05, 0.1) is 0 Å². The van der Waals surface area contributed by atoms with Gasteiger partial charge in [-0.2, -0.15) is 0 Å². The summed E-state index contributed by atoms with van der Waals surface area (Å²) < 4.78 is 14.3. The van der Waals surface area contributed by atoms with Crippen molar-refractivity contribution in [1.29, 1.82) is 0 Å². The summed E-state index contributed by atoms with van der Waals surface area (Å²) >= 11 is 3.41. The molecule has 0 spiro atoms. The molecule has 2 aromatic carbocycles. The number of halogens is 2. The Bertz CT molecular complexity index is 551. The van der Waals surface area contributed by atoms with E-state index in [-0.39, 0.29) is 11.9 Å². The minimum Gasteiger partial charge on any atom is -0.327 e. The quantitative estimate of drug-likeness (QED) is 0.904. The third kappa shape index (κ3) is 4.15. The zero-order valence-electron chi connectivity index (χ0n) is 10.9. The molecule has 0 saturated carbocycles. The summed E-state index contributed by atoms with van der Waals surface area (Å²) in [6.45, 7) is 1.99. The van der Waals surface area contributed by atoms with Gasteiger partial charge in [-0.15, -0.1) is 0 Å². The summed E-state index contributed by atoms with van der Waals surface area (Å²) in [7, 11) is 0. The minimum atomic E-state index is -0.198. The Morgan fingerprint density at radius 2 is 1.79 bits per heavy atom. The molecular formula is C16H17BrFN. The molecule has 0 saturated heterocycles. The van der Waals surface area contributed by atoms with E-state index in [9.17, 15) is 4.39 Å². The van der Waals surface area contributed by atoms with Gasteiger partial charge in [0.2, 0.25) is 0 Å². The Kier molecular flexibility index (Phi) is 4.72. The predicted molar refractivity (Wildman–Crippen MR) is 80.7 cm³/mol. The fourth-order valence-electron chi connectivity index (χ4n) is 2.14. The van der Waals surface area contributed by atoms with Crippen LogP contribution in [0.4, 0.5) is 4.39 Å². The van der Waals surface area contributed by atoms with E-state index in [2.05, 4.69) is 28.1 Å². The molecule has 100 valence electrons. The lowest BCUT2D eigenvalue weighted by atomic mass is 9.97. The lowest BCUT2D eigenvalue weighted by Gasteiger charge is -2.14. The fourth-order valence-corrected chi connectivity index (χ4v) is 2.40. The first-order valence-electron chi connectivity index (χ1n) is 6.29. The molecule has 1 nitrogen and oxygen atoms in total. The molecule has 0 heterocycles. The van der Waals surface area contributed by atoms with Crippen LogP contribution in [-0.4, -0.2) is 6.04 Å². The van der Waals surface area contributed by atoms with Gasteiger partial charge in [-0.05, 0) is 60.7 Å². The topological polar surface area (TPSA) is 26.0 Å². The van der Waals surface area contributed by atoms with Crippen molar-refractivity contribution in [1.82, 2.24) is 0 Å². The van der Waals surface area contributed by atoms with Crippen LogP contribution in [0.2, 0.25) is 0 Å². The Balaban J connectivity index is 2.02. The van der Waals surface area contributed by atoms with Gasteiger partial charge >= 0.3 is 0 Å². The molecule has 2 N–H and O–H groups in total. The van der Waals surface area contributed by atoms with Crippen LogP contribution in [0.15, 0.2) is 46.9 Å². The molecule has 19 heavy (non-hydrogen) atoms. The maximum atomic E-state index is 13.2. The first-order chi connectivity index (χ1) is 9.04. The van der Waals surface area contributed by atoms with E-state index in [1.54, 1.807) is 12.1 Å². The summed E-state index contributed by atoms with van der Waals surface area (Å²) in [6, 6.07) is 13.0. The summed E-state index contributed by atoms with van der Waals surface area (Å²) in [5.74, 6) is -0.198. The number of benzene rings is 2. The van der Waals surface area contributed by atoms with Crippen molar-refractivity contribution in [2.24, 2.45) is 5.73 Å². The molecule has 0 amide bonds. The van der Waals surface area contributed by atoms with E-state index < -0.39 is 0 Å². The van der Waals surface area contributed by atoms with Gasteiger partial charge < -0.3 is 5.73 Å². The van der Waals surface area contributed by atoms with Crippen LogP contribution in [-0.2, 0) is 12.8 Å². The van der Waals surface area contributed by atoms with E-state index >= 15 is 0 Å². The molecule has 0 aliphatic carbocycles. The average molecular weight is 322 g/mol. The van der Waals surface area contributed by atoms with Crippen molar-refractivity contribution >= 4 is 15.9 Å². The SMILES string of the molecule is Cc1ccc(F)cc1CC(N)Cc1ccc(Br)cc1. The van der Waals surface area contributed by atoms with Crippen molar-refractivity contribution in [2.75, 3.05) is 0 Å². The van der Waals surface area contributed by atoms with Crippen LogP contribution in [0.5, 0.6) is 0 Å².